The van der Waals surface area contributed by atoms with Crippen molar-refractivity contribution < 1.29 is 13.2 Å². The molecule has 5 heteroatoms. The molecule has 2 N–H and O–H groups in total. The number of hydrogen-bond acceptors (Lipinski definition) is 2. The van der Waals surface area contributed by atoms with E-state index in [0.717, 1.165) is 38.5 Å². The molecule has 0 radical (unpaired) electrons. The number of nitrogens with two attached hydrogens (primary N) is 1. The van der Waals surface area contributed by atoms with Crippen LogP contribution in [0.3, 0.4) is 0 Å². The first-order valence-corrected chi connectivity index (χ1v) is 6.45. The summed E-state index contributed by atoms with van der Waals surface area (Å²) in [7, 11) is 0. The molecule has 2 rings (SSSR count). The summed E-state index contributed by atoms with van der Waals surface area (Å²) in [6.07, 6.45) is 1.95. The minimum absolute atomic E-state index is 0.0478. The van der Waals surface area contributed by atoms with Gasteiger partial charge >= 0.3 is 6.18 Å². The number of hydrogen-bond donors (Lipinski definition) is 1. The van der Waals surface area contributed by atoms with Crippen LogP contribution in [0, 0.1) is 5.41 Å². The molecule has 2 nitrogen and oxygen atoms in total. The van der Waals surface area contributed by atoms with Gasteiger partial charge in [0.2, 0.25) is 0 Å². The van der Waals surface area contributed by atoms with Crippen molar-refractivity contribution in [1.29, 1.82) is 0 Å². The van der Waals surface area contributed by atoms with Gasteiger partial charge in [0.1, 0.15) is 0 Å². The Morgan fingerprint density at radius 3 is 2.18 bits per heavy atom. The molecule has 2 aliphatic carbocycles. The molecular weight excluding hydrogens is 229 g/mol. The number of alkyl halides is 3. The van der Waals surface area contributed by atoms with Crippen LogP contribution < -0.4 is 5.73 Å². The maximum absolute atomic E-state index is 12.5. The SMILES string of the molecule is NCC1(CN(CC(F)(F)F)C2CC2)CCCC1. The molecule has 0 amide bonds. The molecule has 0 unspecified atom stereocenters. The third kappa shape index (κ3) is 3.58. The van der Waals surface area contributed by atoms with Gasteiger partial charge in [0, 0.05) is 12.6 Å². The van der Waals surface area contributed by atoms with Gasteiger partial charge < -0.3 is 5.73 Å². The topological polar surface area (TPSA) is 29.3 Å². The van der Waals surface area contributed by atoms with Gasteiger partial charge in [-0.15, -0.1) is 0 Å². The fourth-order valence-corrected chi connectivity index (χ4v) is 2.97. The van der Waals surface area contributed by atoms with Gasteiger partial charge in [-0.1, -0.05) is 12.8 Å². The highest BCUT2D eigenvalue weighted by Crippen LogP contribution is 2.41. The number of rotatable bonds is 5. The summed E-state index contributed by atoms with van der Waals surface area (Å²) >= 11 is 0. The summed E-state index contributed by atoms with van der Waals surface area (Å²) in [4.78, 5) is 1.62. The van der Waals surface area contributed by atoms with Crippen LogP contribution in [0.25, 0.3) is 0 Å². The molecule has 0 atom stereocenters. The summed E-state index contributed by atoms with van der Waals surface area (Å²) in [5.74, 6) is 0. The Bertz CT molecular complexity index is 255. The lowest BCUT2D eigenvalue weighted by atomic mass is 9.85. The lowest BCUT2D eigenvalue weighted by Crippen LogP contribution is -2.45. The molecule has 100 valence electrons. The second-order valence-corrected chi connectivity index (χ2v) is 5.66. The first-order chi connectivity index (χ1) is 7.94. The second kappa shape index (κ2) is 4.76. The van der Waals surface area contributed by atoms with Crippen LogP contribution in [0.5, 0.6) is 0 Å². The van der Waals surface area contributed by atoms with Gasteiger partial charge in [-0.2, -0.15) is 13.2 Å². The Hall–Kier alpha value is -0.290. The first-order valence-electron chi connectivity index (χ1n) is 6.45. The fourth-order valence-electron chi connectivity index (χ4n) is 2.97. The van der Waals surface area contributed by atoms with Crippen LogP contribution in [0.2, 0.25) is 0 Å². The Labute approximate surface area is 100 Å². The molecule has 2 fully saturated rings. The minimum Gasteiger partial charge on any atom is -0.330 e. The van der Waals surface area contributed by atoms with Crippen LogP contribution in [0.15, 0.2) is 0 Å². The lowest BCUT2D eigenvalue weighted by Gasteiger charge is -2.35. The van der Waals surface area contributed by atoms with Crippen LogP contribution in [0.1, 0.15) is 38.5 Å². The van der Waals surface area contributed by atoms with E-state index in [0.29, 0.717) is 13.1 Å². The van der Waals surface area contributed by atoms with Gasteiger partial charge in [0.15, 0.2) is 0 Å². The van der Waals surface area contributed by atoms with Crippen molar-refractivity contribution in [1.82, 2.24) is 4.90 Å². The molecule has 0 spiro atoms. The average molecular weight is 250 g/mol. The zero-order valence-electron chi connectivity index (χ0n) is 10.1. The molecule has 0 saturated heterocycles. The number of nitrogens with zero attached hydrogens (tertiary/aromatic N) is 1. The van der Waals surface area contributed by atoms with Crippen molar-refractivity contribution in [3.63, 3.8) is 0 Å². The van der Waals surface area contributed by atoms with E-state index >= 15 is 0 Å². The lowest BCUT2D eigenvalue weighted by molar-refractivity contribution is -0.150. The second-order valence-electron chi connectivity index (χ2n) is 5.66. The Kier molecular flexibility index (Phi) is 3.69. The standard InChI is InChI=1S/C12H21F3N2/c13-12(14,15)9-17(10-3-4-10)8-11(7-16)5-1-2-6-11/h10H,1-9,16H2. The molecule has 0 aromatic heterocycles. The quantitative estimate of drug-likeness (QED) is 0.812. The van der Waals surface area contributed by atoms with E-state index in [1.165, 1.54) is 0 Å². The van der Waals surface area contributed by atoms with E-state index in [-0.39, 0.29) is 11.5 Å². The number of halogens is 3. The molecule has 0 bridgehead atoms. The summed E-state index contributed by atoms with van der Waals surface area (Å²) in [6, 6.07) is 0.153. The van der Waals surface area contributed by atoms with Crippen LogP contribution >= 0.6 is 0 Å². The summed E-state index contributed by atoms with van der Waals surface area (Å²) < 4.78 is 37.6. The van der Waals surface area contributed by atoms with Crippen molar-refractivity contribution in [2.75, 3.05) is 19.6 Å². The van der Waals surface area contributed by atoms with E-state index < -0.39 is 12.7 Å². The maximum atomic E-state index is 12.5. The first kappa shape index (κ1) is 13.1. The zero-order valence-corrected chi connectivity index (χ0v) is 10.1. The maximum Gasteiger partial charge on any atom is 0.401 e. The predicted octanol–water partition coefficient (Wildman–Crippen LogP) is 2.53. The Morgan fingerprint density at radius 1 is 1.18 bits per heavy atom. The molecule has 0 heterocycles. The molecule has 2 aliphatic rings. The van der Waals surface area contributed by atoms with Crippen molar-refractivity contribution in [2.24, 2.45) is 11.1 Å². The molecule has 0 aromatic rings. The van der Waals surface area contributed by atoms with E-state index in [9.17, 15) is 13.2 Å². The van der Waals surface area contributed by atoms with Gasteiger partial charge in [0.05, 0.1) is 6.54 Å². The summed E-state index contributed by atoms with van der Waals surface area (Å²) in [5.41, 5.74) is 5.75. The van der Waals surface area contributed by atoms with Gasteiger partial charge in [0.25, 0.3) is 0 Å². The monoisotopic (exact) mass is 250 g/mol. The summed E-state index contributed by atoms with van der Waals surface area (Å²) in [5, 5.41) is 0. The molecule has 2 saturated carbocycles. The molecule has 0 aliphatic heterocycles. The van der Waals surface area contributed by atoms with Crippen molar-refractivity contribution >= 4 is 0 Å². The Morgan fingerprint density at radius 2 is 1.76 bits per heavy atom. The fraction of sp³-hybridized carbons (Fsp3) is 1.00. The normalized spacial score (nSPS) is 24.5. The third-order valence-corrected chi connectivity index (χ3v) is 4.08. The largest absolute Gasteiger partial charge is 0.401 e. The minimum atomic E-state index is -4.09. The van der Waals surface area contributed by atoms with E-state index in [2.05, 4.69) is 0 Å². The smallest absolute Gasteiger partial charge is 0.330 e. The van der Waals surface area contributed by atoms with Gasteiger partial charge in [-0.05, 0) is 37.6 Å². The highest BCUT2D eigenvalue weighted by atomic mass is 19.4. The highest BCUT2D eigenvalue weighted by molar-refractivity contribution is 4.94. The summed E-state index contributed by atoms with van der Waals surface area (Å²) in [6.45, 7) is 0.293. The van der Waals surface area contributed by atoms with Crippen molar-refractivity contribution in [3.8, 4) is 0 Å². The highest BCUT2D eigenvalue weighted by Gasteiger charge is 2.43. The molecular formula is C12H21F3N2. The zero-order chi connectivity index (χ0) is 12.5. The van der Waals surface area contributed by atoms with E-state index in [4.69, 9.17) is 5.73 Å². The predicted molar refractivity (Wildman–Crippen MR) is 60.6 cm³/mol. The van der Waals surface area contributed by atoms with Crippen LogP contribution in [-0.4, -0.2) is 36.8 Å². The average Bonchev–Trinajstić information content (AvgIpc) is 2.98. The Balaban J connectivity index is 1.96. The molecule has 0 aromatic carbocycles. The van der Waals surface area contributed by atoms with Crippen LogP contribution in [-0.2, 0) is 0 Å². The van der Waals surface area contributed by atoms with E-state index in [1.54, 1.807) is 4.90 Å². The van der Waals surface area contributed by atoms with Crippen LogP contribution in [0.4, 0.5) is 13.2 Å². The third-order valence-electron chi connectivity index (χ3n) is 4.08. The van der Waals surface area contributed by atoms with Gasteiger partial charge in [-0.25, -0.2) is 0 Å². The van der Waals surface area contributed by atoms with E-state index in [1.807, 2.05) is 0 Å². The van der Waals surface area contributed by atoms with Crippen molar-refractivity contribution in [2.45, 2.75) is 50.7 Å². The molecule has 17 heavy (non-hydrogen) atoms. The van der Waals surface area contributed by atoms with Crippen molar-refractivity contribution in [3.05, 3.63) is 0 Å². The van der Waals surface area contributed by atoms with Gasteiger partial charge in [-0.3, -0.25) is 4.90 Å².